The summed E-state index contributed by atoms with van der Waals surface area (Å²) in [5.41, 5.74) is 1.79. The van der Waals surface area contributed by atoms with Gasteiger partial charge in [-0.05, 0) is 62.8 Å². The SMILES string of the molecule is COc1cc(/C=C2\C(=N)N3C=CSC3=NC2=O)cc(Br)c1OCc1ccc2c(c1)OCO2. The summed E-state index contributed by atoms with van der Waals surface area (Å²) in [7, 11) is 1.54. The number of benzene rings is 2. The highest BCUT2D eigenvalue weighted by Crippen LogP contribution is 2.39. The maximum Gasteiger partial charge on any atom is 0.283 e. The lowest BCUT2D eigenvalue weighted by Crippen LogP contribution is -2.35. The highest BCUT2D eigenvalue weighted by atomic mass is 79.9. The lowest BCUT2D eigenvalue weighted by atomic mass is 10.1. The number of amides is 1. The summed E-state index contributed by atoms with van der Waals surface area (Å²) in [6.45, 7) is 0.515. The molecule has 2 aromatic carbocycles. The van der Waals surface area contributed by atoms with Crippen molar-refractivity contribution in [2.75, 3.05) is 13.9 Å². The van der Waals surface area contributed by atoms with Crippen LogP contribution in [-0.2, 0) is 11.4 Å². The molecule has 3 heterocycles. The van der Waals surface area contributed by atoms with E-state index < -0.39 is 5.91 Å². The van der Waals surface area contributed by atoms with Crippen molar-refractivity contribution in [3.05, 3.63) is 63.1 Å². The van der Waals surface area contributed by atoms with Gasteiger partial charge in [0.25, 0.3) is 5.91 Å². The Bertz CT molecular complexity index is 1240. The van der Waals surface area contributed by atoms with Gasteiger partial charge in [-0.2, -0.15) is 4.99 Å². The van der Waals surface area contributed by atoms with Gasteiger partial charge in [-0.15, -0.1) is 0 Å². The molecule has 162 valence electrons. The number of carbonyl (C=O) groups excluding carboxylic acids is 1. The predicted molar refractivity (Wildman–Crippen MR) is 124 cm³/mol. The summed E-state index contributed by atoms with van der Waals surface area (Å²) in [6, 6.07) is 9.19. The fourth-order valence-corrected chi connectivity index (χ4v) is 4.63. The van der Waals surface area contributed by atoms with Crippen LogP contribution >= 0.6 is 27.7 Å². The Morgan fingerprint density at radius 3 is 2.97 bits per heavy atom. The second-order valence-corrected chi connectivity index (χ2v) is 8.62. The van der Waals surface area contributed by atoms with Crippen molar-refractivity contribution in [2.45, 2.75) is 6.61 Å². The van der Waals surface area contributed by atoms with Crippen LogP contribution in [0.25, 0.3) is 6.08 Å². The fraction of sp³-hybridized carbons (Fsp3) is 0.136. The zero-order chi connectivity index (χ0) is 22.2. The molecule has 10 heteroatoms. The summed E-state index contributed by atoms with van der Waals surface area (Å²) in [5, 5.41) is 10.6. The molecular formula is C22H16BrN3O5S. The van der Waals surface area contributed by atoms with E-state index in [1.165, 1.54) is 11.8 Å². The van der Waals surface area contributed by atoms with E-state index in [0.717, 1.165) is 5.56 Å². The number of nitrogens with one attached hydrogen (secondary N) is 1. The van der Waals surface area contributed by atoms with Crippen molar-refractivity contribution < 1.29 is 23.7 Å². The topological polar surface area (TPSA) is 93.4 Å². The van der Waals surface area contributed by atoms with Gasteiger partial charge in [0.05, 0.1) is 17.2 Å². The maximum absolute atomic E-state index is 12.4. The van der Waals surface area contributed by atoms with Crippen molar-refractivity contribution in [3.63, 3.8) is 0 Å². The molecule has 0 saturated carbocycles. The number of methoxy groups -OCH3 is 1. The molecule has 0 spiro atoms. The predicted octanol–water partition coefficient (Wildman–Crippen LogP) is 4.54. The summed E-state index contributed by atoms with van der Waals surface area (Å²) < 4.78 is 22.9. The van der Waals surface area contributed by atoms with Crippen LogP contribution in [0.1, 0.15) is 11.1 Å². The van der Waals surface area contributed by atoms with Gasteiger partial charge >= 0.3 is 0 Å². The second-order valence-electron chi connectivity index (χ2n) is 6.89. The van der Waals surface area contributed by atoms with Gasteiger partial charge in [0.1, 0.15) is 12.4 Å². The van der Waals surface area contributed by atoms with E-state index in [1.54, 1.807) is 41.8 Å². The first-order valence-corrected chi connectivity index (χ1v) is 11.2. The van der Waals surface area contributed by atoms with Gasteiger partial charge in [-0.1, -0.05) is 17.8 Å². The van der Waals surface area contributed by atoms with E-state index in [4.69, 9.17) is 24.4 Å². The van der Waals surface area contributed by atoms with Gasteiger partial charge in [0.2, 0.25) is 6.79 Å². The van der Waals surface area contributed by atoms with Crippen LogP contribution in [0.15, 0.2) is 57.0 Å². The van der Waals surface area contributed by atoms with Crippen molar-refractivity contribution in [1.29, 1.82) is 5.41 Å². The summed E-state index contributed by atoms with van der Waals surface area (Å²) in [6.07, 6.45) is 3.34. The van der Waals surface area contributed by atoms with Crippen LogP contribution in [0, 0.1) is 5.41 Å². The van der Waals surface area contributed by atoms with Crippen molar-refractivity contribution >= 4 is 50.7 Å². The molecule has 5 rings (SSSR count). The molecule has 0 fully saturated rings. The highest BCUT2D eigenvalue weighted by Gasteiger charge is 2.31. The molecule has 3 aliphatic heterocycles. The smallest absolute Gasteiger partial charge is 0.283 e. The average molecular weight is 514 g/mol. The van der Waals surface area contributed by atoms with Crippen LogP contribution in [0.2, 0.25) is 0 Å². The molecule has 0 aliphatic carbocycles. The quantitative estimate of drug-likeness (QED) is 0.586. The normalized spacial score (nSPS) is 17.6. The van der Waals surface area contributed by atoms with E-state index in [0.29, 0.717) is 44.8 Å². The van der Waals surface area contributed by atoms with Gasteiger partial charge in [-0.25, -0.2) is 0 Å². The van der Waals surface area contributed by atoms with E-state index in [9.17, 15) is 4.79 Å². The summed E-state index contributed by atoms with van der Waals surface area (Å²) in [5.74, 6) is 2.05. The van der Waals surface area contributed by atoms with E-state index in [2.05, 4.69) is 20.9 Å². The number of hydrogen-bond donors (Lipinski definition) is 1. The number of aliphatic imine (C=N–C) groups is 1. The van der Waals surface area contributed by atoms with Crippen LogP contribution in [0.3, 0.4) is 0 Å². The number of ether oxygens (including phenoxy) is 4. The van der Waals surface area contributed by atoms with Crippen molar-refractivity contribution in [3.8, 4) is 23.0 Å². The molecule has 8 nitrogen and oxygen atoms in total. The zero-order valence-corrected chi connectivity index (χ0v) is 19.2. The lowest BCUT2D eigenvalue weighted by Gasteiger charge is -2.22. The zero-order valence-electron chi connectivity index (χ0n) is 16.8. The third kappa shape index (κ3) is 3.76. The highest BCUT2D eigenvalue weighted by molar-refractivity contribution is 9.10. The second kappa shape index (κ2) is 8.36. The van der Waals surface area contributed by atoms with Crippen LogP contribution < -0.4 is 18.9 Å². The molecule has 3 aliphatic rings. The molecule has 2 aromatic rings. The summed E-state index contributed by atoms with van der Waals surface area (Å²) in [4.78, 5) is 18.1. The lowest BCUT2D eigenvalue weighted by molar-refractivity contribution is -0.114. The number of rotatable bonds is 5. The molecule has 0 aromatic heterocycles. The Balaban J connectivity index is 1.40. The number of hydrogen-bond acceptors (Lipinski definition) is 7. The molecule has 0 saturated heterocycles. The minimum Gasteiger partial charge on any atom is -0.493 e. The molecule has 1 amide bonds. The first-order chi connectivity index (χ1) is 15.5. The van der Waals surface area contributed by atoms with Gasteiger partial charge in [-0.3, -0.25) is 15.1 Å². The largest absolute Gasteiger partial charge is 0.493 e. The standard InChI is InChI=1S/C22H16BrN3O5S/c1-28-18-9-13(6-14-20(24)26-4-5-32-22(26)25-21(14)27)7-15(23)19(18)29-10-12-2-3-16-17(8-12)31-11-30-16/h2-9,24H,10-11H2,1H3/b14-6+,24-20?. The summed E-state index contributed by atoms with van der Waals surface area (Å²) >= 11 is 4.84. The number of amidine groups is 2. The third-order valence-electron chi connectivity index (χ3n) is 4.90. The monoisotopic (exact) mass is 513 g/mol. The minimum absolute atomic E-state index is 0.0828. The van der Waals surface area contributed by atoms with E-state index in [1.807, 2.05) is 18.2 Å². The Labute approximate surface area is 196 Å². The fourth-order valence-electron chi connectivity index (χ4n) is 3.35. The van der Waals surface area contributed by atoms with Crippen LogP contribution in [0.5, 0.6) is 23.0 Å². The van der Waals surface area contributed by atoms with E-state index >= 15 is 0 Å². The molecule has 1 N–H and O–H groups in total. The first-order valence-electron chi connectivity index (χ1n) is 9.48. The van der Waals surface area contributed by atoms with Gasteiger partial charge in [0, 0.05) is 6.20 Å². The van der Waals surface area contributed by atoms with Crippen molar-refractivity contribution in [1.82, 2.24) is 4.90 Å². The molecule has 0 radical (unpaired) electrons. The molecule has 0 unspecified atom stereocenters. The Morgan fingerprint density at radius 1 is 1.28 bits per heavy atom. The first kappa shape index (κ1) is 20.7. The maximum atomic E-state index is 12.4. The minimum atomic E-state index is -0.448. The average Bonchev–Trinajstić information content (AvgIpc) is 3.44. The number of halogens is 1. The van der Waals surface area contributed by atoms with E-state index in [-0.39, 0.29) is 18.2 Å². The third-order valence-corrected chi connectivity index (χ3v) is 6.24. The molecule has 0 bridgehead atoms. The molecule has 32 heavy (non-hydrogen) atoms. The van der Waals surface area contributed by atoms with Gasteiger partial charge in [0.15, 0.2) is 28.2 Å². The number of fused-ring (bicyclic) bond motifs is 2. The van der Waals surface area contributed by atoms with Crippen LogP contribution in [0.4, 0.5) is 0 Å². The number of carbonyl (C=O) groups is 1. The Hall–Kier alpha value is -3.24. The van der Waals surface area contributed by atoms with Crippen LogP contribution in [-0.4, -0.2) is 35.7 Å². The molecule has 0 atom stereocenters. The van der Waals surface area contributed by atoms with Gasteiger partial charge < -0.3 is 18.9 Å². The number of thioether (sulfide) groups is 1. The Kier molecular flexibility index (Phi) is 5.40. The number of nitrogens with zero attached hydrogens (tertiary/aromatic N) is 2. The Morgan fingerprint density at radius 2 is 2.12 bits per heavy atom. The molecular weight excluding hydrogens is 498 g/mol. The van der Waals surface area contributed by atoms with Crippen molar-refractivity contribution in [2.24, 2.45) is 4.99 Å².